The molecular weight excluding hydrogens is 370 g/mol. The van der Waals surface area contributed by atoms with Crippen LogP contribution in [0.3, 0.4) is 0 Å². The third-order valence-corrected chi connectivity index (χ3v) is 6.48. The normalized spacial score (nSPS) is 13.3. The molecule has 0 atom stereocenters. The molecule has 1 amide bonds. The van der Waals surface area contributed by atoms with Gasteiger partial charge in [0.05, 0.1) is 11.1 Å². The number of thioether (sulfide) groups is 1. The quantitative estimate of drug-likeness (QED) is 0.604. The lowest BCUT2D eigenvalue weighted by Gasteiger charge is -2.05. The number of carbonyl (C=O) groups excluding carboxylic acids is 1. The number of H-pyrrole nitrogens is 1. The Morgan fingerprint density at radius 1 is 1.42 bits per heavy atom. The van der Waals surface area contributed by atoms with E-state index in [1.54, 1.807) is 23.1 Å². The van der Waals surface area contributed by atoms with Crippen LogP contribution in [0.15, 0.2) is 4.79 Å². The maximum atomic E-state index is 12.4. The molecule has 2 heterocycles. The number of fused-ring (bicyclic) bond motifs is 3. The predicted molar refractivity (Wildman–Crippen MR) is 107 cm³/mol. The van der Waals surface area contributed by atoms with Crippen molar-refractivity contribution in [3.63, 3.8) is 0 Å². The molecule has 0 radical (unpaired) electrons. The first-order chi connectivity index (χ1) is 12.7. The molecule has 1 aliphatic rings. The van der Waals surface area contributed by atoms with Crippen molar-refractivity contribution >= 4 is 39.2 Å². The molecule has 0 spiro atoms. The van der Waals surface area contributed by atoms with Crippen LogP contribution in [0.25, 0.3) is 10.2 Å². The Morgan fingerprint density at radius 3 is 3.15 bits per heavy atom. The summed E-state index contributed by atoms with van der Waals surface area (Å²) < 4.78 is 5.23. The number of hydrogen-bond acceptors (Lipinski definition) is 6. The summed E-state index contributed by atoms with van der Waals surface area (Å²) in [5.74, 6) is 2.08. The summed E-state index contributed by atoms with van der Waals surface area (Å²) in [6.07, 6.45) is 4.51. The van der Waals surface area contributed by atoms with E-state index in [0.29, 0.717) is 43.5 Å². The third-order valence-electron chi connectivity index (χ3n) is 4.33. The monoisotopic (exact) mass is 395 g/mol. The molecule has 1 aliphatic carbocycles. The maximum Gasteiger partial charge on any atom is 0.259 e. The van der Waals surface area contributed by atoms with Gasteiger partial charge in [-0.05, 0) is 38.2 Å². The van der Waals surface area contributed by atoms with E-state index in [9.17, 15) is 9.59 Å². The molecule has 142 valence electrons. The van der Waals surface area contributed by atoms with E-state index in [0.717, 1.165) is 35.9 Å². The van der Waals surface area contributed by atoms with Crippen LogP contribution in [-0.2, 0) is 28.1 Å². The van der Waals surface area contributed by atoms with Gasteiger partial charge in [0, 0.05) is 36.8 Å². The fourth-order valence-electron chi connectivity index (χ4n) is 3.08. The largest absolute Gasteiger partial charge is 0.382 e. The summed E-state index contributed by atoms with van der Waals surface area (Å²) in [5.41, 5.74) is 1.19. The Labute approximate surface area is 161 Å². The number of hydrogen-bond donors (Lipinski definition) is 2. The Balaban J connectivity index is 1.43. The summed E-state index contributed by atoms with van der Waals surface area (Å²) in [7, 11) is 0. The van der Waals surface area contributed by atoms with Crippen molar-refractivity contribution in [3.8, 4) is 0 Å². The minimum Gasteiger partial charge on any atom is -0.382 e. The van der Waals surface area contributed by atoms with E-state index in [4.69, 9.17) is 4.74 Å². The van der Waals surface area contributed by atoms with Crippen molar-refractivity contribution in [3.05, 3.63) is 26.6 Å². The van der Waals surface area contributed by atoms with Gasteiger partial charge in [0.1, 0.15) is 10.7 Å². The smallest absolute Gasteiger partial charge is 0.259 e. The molecule has 0 saturated carbocycles. The Morgan fingerprint density at radius 2 is 2.31 bits per heavy atom. The van der Waals surface area contributed by atoms with Gasteiger partial charge in [-0.1, -0.05) is 0 Å². The van der Waals surface area contributed by atoms with Crippen LogP contribution in [-0.4, -0.2) is 41.4 Å². The van der Waals surface area contributed by atoms with Crippen LogP contribution in [0.2, 0.25) is 0 Å². The second-order valence-electron chi connectivity index (χ2n) is 6.25. The lowest BCUT2D eigenvalue weighted by Crippen LogP contribution is -2.25. The first-order valence-electron chi connectivity index (χ1n) is 9.14. The zero-order valence-electron chi connectivity index (χ0n) is 15.1. The first-order valence-corrected chi connectivity index (χ1v) is 11.1. The molecule has 8 heteroatoms. The SMILES string of the molecule is CCOCCCNC(=O)CCSCc1nc2sc3c(c2c(=O)[nH]1)CCC3. The van der Waals surface area contributed by atoms with Crippen molar-refractivity contribution in [1.29, 1.82) is 0 Å². The zero-order chi connectivity index (χ0) is 18.4. The highest BCUT2D eigenvalue weighted by Crippen LogP contribution is 2.34. The first kappa shape index (κ1) is 19.4. The lowest BCUT2D eigenvalue weighted by atomic mass is 10.2. The Bertz CT molecular complexity index is 816. The number of amides is 1. The van der Waals surface area contributed by atoms with Gasteiger partial charge in [0.15, 0.2) is 0 Å². The fraction of sp³-hybridized carbons (Fsp3) is 0.611. The molecule has 0 bridgehead atoms. The molecule has 26 heavy (non-hydrogen) atoms. The molecule has 6 nitrogen and oxygen atoms in total. The second-order valence-corrected chi connectivity index (χ2v) is 8.44. The van der Waals surface area contributed by atoms with Crippen molar-refractivity contribution in [1.82, 2.24) is 15.3 Å². The molecule has 0 fully saturated rings. The van der Waals surface area contributed by atoms with Gasteiger partial charge < -0.3 is 15.0 Å². The number of nitrogens with zero attached hydrogens (tertiary/aromatic N) is 1. The number of aromatic amines is 1. The molecule has 2 aromatic rings. The number of rotatable bonds is 10. The standard InChI is InChI=1S/C18H25N3O3S2/c1-2-24-9-4-8-19-15(22)7-10-25-11-14-20-17(23)16-12-5-3-6-13(12)26-18(16)21-14/h2-11H2,1H3,(H,19,22)(H,20,21,23). The van der Waals surface area contributed by atoms with Gasteiger partial charge in [0.2, 0.25) is 5.91 Å². The maximum absolute atomic E-state index is 12.4. The van der Waals surface area contributed by atoms with Crippen LogP contribution >= 0.6 is 23.1 Å². The fourth-order valence-corrected chi connectivity index (χ4v) is 5.17. The molecule has 2 N–H and O–H groups in total. The van der Waals surface area contributed by atoms with Crippen LogP contribution in [0.1, 0.15) is 42.5 Å². The minimum atomic E-state index is -0.0166. The molecular formula is C18H25N3O3S2. The van der Waals surface area contributed by atoms with E-state index < -0.39 is 0 Å². The molecule has 0 saturated heterocycles. The van der Waals surface area contributed by atoms with Gasteiger partial charge >= 0.3 is 0 Å². The van der Waals surface area contributed by atoms with Crippen molar-refractivity contribution in [2.45, 2.75) is 44.8 Å². The van der Waals surface area contributed by atoms with Crippen LogP contribution in [0, 0.1) is 0 Å². The topological polar surface area (TPSA) is 84.1 Å². The highest BCUT2D eigenvalue weighted by molar-refractivity contribution is 7.98. The van der Waals surface area contributed by atoms with Gasteiger partial charge in [-0.25, -0.2) is 4.98 Å². The molecule has 3 rings (SSSR count). The summed E-state index contributed by atoms with van der Waals surface area (Å²) in [6.45, 7) is 4.00. The summed E-state index contributed by atoms with van der Waals surface area (Å²) in [5, 5.41) is 3.69. The molecule has 0 aliphatic heterocycles. The van der Waals surface area contributed by atoms with Gasteiger partial charge in [-0.15, -0.1) is 11.3 Å². The summed E-state index contributed by atoms with van der Waals surface area (Å²) in [4.78, 5) is 33.9. The Hall–Kier alpha value is -1.38. The summed E-state index contributed by atoms with van der Waals surface area (Å²) >= 11 is 3.28. The van der Waals surface area contributed by atoms with Crippen LogP contribution in [0.5, 0.6) is 0 Å². The van der Waals surface area contributed by atoms with Crippen molar-refractivity contribution in [2.24, 2.45) is 0 Å². The molecule has 0 aromatic carbocycles. The number of thiophene rings is 1. The highest BCUT2D eigenvalue weighted by atomic mass is 32.2. The van der Waals surface area contributed by atoms with Crippen LogP contribution < -0.4 is 10.9 Å². The van der Waals surface area contributed by atoms with Crippen molar-refractivity contribution < 1.29 is 9.53 Å². The van der Waals surface area contributed by atoms with Gasteiger partial charge in [0.25, 0.3) is 5.56 Å². The number of aryl methyl sites for hydroxylation is 2. The number of nitrogens with one attached hydrogen (secondary N) is 2. The minimum absolute atomic E-state index is 0.0166. The van der Waals surface area contributed by atoms with Crippen LogP contribution in [0.4, 0.5) is 0 Å². The van der Waals surface area contributed by atoms with E-state index in [2.05, 4.69) is 15.3 Å². The predicted octanol–water partition coefficient (Wildman–Crippen LogP) is 2.64. The molecule has 2 aromatic heterocycles. The number of ether oxygens (including phenoxy) is 1. The summed E-state index contributed by atoms with van der Waals surface area (Å²) in [6, 6.07) is 0. The van der Waals surface area contributed by atoms with E-state index >= 15 is 0 Å². The zero-order valence-corrected chi connectivity index (χ0v) is 16.7. The second kappa shape index (κ2) is 9.53. The van der Waals surface area contributed by atoms with Gasteiger partial charge in [-0.2, -0.15) is 11.8 Å². The molecule has 0 unspecified atom stereocenters. The highest BCUT2D eigenvalue weighted by Gasteiger charge is 2.20. The number of aromatic nitrogens is 2. The van der Waals surface area contributed by atoms with Gasteiger partial charge in [-0.3, -0.25) is 9.59 Å². The Kier molecular flexibility index (Phi) is 7.10. The van der Waals surface area contributed by atoms with E-state index in [-0.39, 0.29) is 11.5 Å². The average Bonchev–Trinajstić information content (AvgIpc) is 3.19. The van der Waals surface area contributed by atoms with E-state index in [1.165, 1.54) is 10.4 Å². The lowest BCUT2D eigenvalue weighted by molar-refractivity contribution is -0.120. The third kappa shape index (κ3) is 4.86. The number of carbonyl (C=O) groups is 1. The van der Waals surface area contributed by atoms with E-state index in [1.807, 2.05) is 6.92 Å². The average molecular weight is 396 g/mol. The van der Waals surface area contributed by atoms with Crippen molar-refractivity contribution in [2.75, 3.05) is 25.5 Å².